The van der Waals surface area contributed by atoms with E-state index in [-0.39, 0.29) is 23.8 Å². The van der Waals surface area contributed by atoms with Crippen LogP contribution in [0, 0.1) is 5.92 Å². The zero-order chi connectivity index (χ0) is 21.2. The lowest BCUT2D eigenvalue weighted by atomic mass is 9.86. The Morgan fingerprint density at radius 3 is 2.50 bits per heavy atom. The first-order valence-corrected chi connectivity index (χ1v) is 10.9. The molecule has 30 heavy (non-hydrogen) atoms. The topological polar surface area (TPSA) is 76.7 Å². The van der Waals surface area contributed by atoms with Crippen molar-refractivity contribution in [1.82, 2.24) is 19.7 Å². The van der Waals surface area contributed by atoms with Crippen molar-refractivity contribution in [1.29, 1.82) is 0 Å². The predicted molar refractivity (Wildman–Crippen MR) is 113 cm³/mol. The first kappa shape index (κ1) is 19.2. The van der Waals surface area contributed by atoms with Crippen molar-refractivity contribution < 1.29 is 14.4 Å². The summed E-state index contributed by atoms with van der Waals surface area (Å²) in [6, 6.07) is 6.88. The van der Waals surface area contributed by atoms with Gasteiger partial charge in [0.25, 0.3) is 5.91 Å². The van der Waals surface area contributed by atoms with E-state index in [2.05, 4.69) is 11.1 Å². The minimum Gasteiger partial charge on any atom is -0.356 e. The monoisotopic (exact) mass is 408 g/mol. The van der Waals surface area contributed by atoms with E-state index in [1.54, 1.807) is 9.80 Å². The van der Waals surface area contributed by atoms with Gasteiger partial charge in [0.1, 0.15) is 6.04 Å². The number of benzene rings is 1. The highest BCUT2D eigenvalue weighted by Gasteiger charge is 2.61. The van der Waals surface area contributed by atoms with Crippen LogP contribution in [0.3, 0.4) is 0 Å². The fourth-order valence-electron chi connectivity index (χ4n) is 5.48. The van der Waals surface area contributed by atoms with Gasteiger partial charge in [-0.2, -0.15) is 0 Å². The van der Waals surface area contributed by atoms with Gasteiger partial charge >= 0.3 is 6.03 Å². The molecule has 2 aromatic rings. The second kappa shape index (κ2) is 6.59. The molecule has 0 spiro atoms. The summed E-state index contributed by atoms with van der Waals surface area (Å²) in [5.74, 6) is -0.561. The Kier molecular flexibility index (Phi) is 4.21. The summed E-state index contributed by atoms with van der Waals surface area (Å²) in [6.07, 6.45) is 2.63. The van der Waals surface area contributed by atoms with Crippen LogP contribution in [0.5, 0.6) is 0 Å². The van der Waals surface area contributed by atoms with E-state index in [1.165, 1.54) is 4.90 Å². The molecule has 0 saturated carbocycles. The van der Waals surface area contributed by atoms with Gasteiger partial charge in [-0.25, -0.2) is 9.69 Å². The van der Waals surface area contributed by atoms with E-state index in [9.17, 15) is 14.4 Å². The molecule has 0 aliphatic carbocycles. The van der Waals surface area contributed by atoms with E-state index in [1.807, 2.05) is 39.0 Å². The van der Waals surface area contributed by atoms with Crippen LogP contribution in [-0.2, 0) is 21.5 Å². The lowest BCUT2D eigenvalue weighted by molar-refractivity contribution is -0.145. The van der Waals surface area contributed by atoms with Crippen molar-refractivity contribution in [2.24, 2.45) is 5.92 Å². The van der Waals surface area contributed by atoms with Crippen molar-refractivity contribution in [2.45, 2.75) is 51.6 Å². The average Bonchev–Trinajstić information content (AvgIpc) is 3.42. The Balaban J connectivity index is 1.59. The van der Waals surface area contributed by atoms with Gasteiger partial charge in [0.2, 0.25) is 5.91 Å². The molecule has 4 heterocycles. The van der Waals surface area contributed by atoms with Gasteiger partial charge in [-0.15, -0.1) is 0 Å². The summed E-state index contributed by atoms with van der Waals surface area (Å²) in [6.45, 7) is 7.50. The number of amides is 4. The second-order valence-corrected chi connectivity index (χ2v) is 9.18. The van der Waals surface area contributed by atoms with Crippen LogP contribution < -0.4 is 0 Å². The molecular formula is C23H28N4O3. The third-order valence-corrected chi connectivity index (χ3v) is 7.08. The molecule has 0 bridgehead atoms. The quantitative estimate of drug-likeness (QED) is 0.794. The van der Waals surface area contributed by atoms with Crippen molar-refractivity contribution in [3.8, 4) is 0 Å². The normalized spacial score (nSPS) is 24.7. The number of carbonyl (C=O) groups excluding carboxylic acids is 3. The smallest absolute Gasteiger partial charge is 0.328 e. The van der Waals surface area contributed by atoms with Crippen LogP contribution in [0.15, 0.2) is 24.3 Å². The van der Waals surface area contributed by atoms with Crippen LogP contribution in [-0.4, -0.2) is 63.2 Å². The number of likely N-dealkylation sites (tertiary alicyclic amines) is 1. The summed E-state index contributed by atoms with van der Waals surface area (Å²) < 4.78 is 0. The first-order chi connectivity index (χ1) is 14.4. The Labute approximate surface area is 176 Å². The highest BCUT2D eigenvalue weighted by Crippen LogP contribution is 2.45. The van der Waals surface area contributed by atoms with Gasteiger partial charge < -0.3 is 14.8 Å². The fraction of sp³-hybridized carbons (Fsp3) is 0.522. The Hall–Kier alpha value is -2.83. The number of rotatable bonds is 3. The molecule has 7 heteroatoms. The van der Waals surface area contributed by atoms with E-state index >= 15 is 0 Å². The van der Waals surface area contributed by atoms with E-state index in [0.717, 1.165) is 35.0 Å². The zero-order valence-corrected chi connectivity index (χ0v) is 17.8. The number of H-pyrrole nitrogens is 1. The number of nitrogens with zero attached hydrogens (tertiary/aromatic N) is 3. The maximum atomic E-state index is 13.8. The number of fused-ring (bicyclic) bond motifs is 5. The number of imide groups is 1. The number of para-hydroxylation sites is 1. The lowest BCUT2D eigenvalue weighted by Crippen LogP contribution is -2.53. The molecule has 2 atom stereocenters. The van der Waals surface area contributed by atoms with Gasteiger partial charge in [0, 0.05) is 30.5 Å². The largest absolute Gasteiger partial charge is 0.356 e. The number of hydrogen-bond donors (Lipinski definition) is 1. The number of aromatic nitrogens is 1. The van der Waals surface area contributed by atoms with Crippen molar-refractivity contribution in [2.75, 3.05) is 19.6 Å². The van der Waals surface area contributed by atoms with Crippen molar-refractivity contribution >= 4 is 28.7 Å². The highest BCUT2D eigenvalue weighted by atomic mass is 16.2. The van der Waals surface area contributed by atoms with Gasteiger partial charge in [-0.3, -0.25) is 9.59 Å². The average molecular weight is 409 g/mol. The van der Waals surface area contributed by atoms with Gasteiger partial charge in [0.05, 0.1) is 5.69 Å². The van der Waals surface area contributed by atoms with Crippen LogP contribution in [0.4, 0.5) is 4.79 Å². The molecule has 5 rings (SSSR count). The molecule has 0 radical (unpaired) electrons. The molecule has 158 valence electrons. The molecule has 1 aromatic heterocycles. The number of aromatic amines is 1. The van der Waals surface area contributed by atoms with E-state index in [0.29, 0.717) is 26.1 Å². The number of hydrogen-bond acceptors (Lipinski definition) is 3. The van der Waals surface area contributed by atoms with Crippen molar-refractivity contribution in [3.63, 3.8) is 0 Å². The van der Waals surface area contributed by atoms with Crippen molar-refractivity contribution in [3.05, 3.63) is 35.5 Å². The SMILES string of the molecule is CC(C)[C@H](C(=O)N1CCCC1)N1C(=O)N2CCc3c([nH]c4ccccc34)[C@]2(C)C1=O. The lowest BCUT2D eigenvalue weighted by Gasteiger charge is -2.36. The molecule has 4 amide bonds. The molecule has 3 aliphatic heterocycles. The summed E-state index contributed by atoms with van der Waals surface area (Å²) in [4.78, 5) is 48.8. The molecule has 1 N–H and O–H groups in total. The second-order valence-electron chi connectivity index (χ2n) is 9.18. The standard InChI is InChI=1S/C23H28N4O3/c1-14(2)18(20(28)25-11-6-7-12-25)27-21(29)23(3)19-16(10-13-26(23)22(27)30)15-8-4-5-9-17(15)24-19/h4-5,8-9,14,18,24H,6-7,10-13H2,1-3H3/t18-,23-/m1/s1. The maximum absolute atomic E-state index is 13.8. The fourth-order valence-corrected chi connectivity index (χ4v) is 5.48. The molecule has 2 saturated heterocycles. The third kappa shape index (κ3) is 2.41. The van der Waals surface area contributed by atoms with Crippen LogP contribution in [0.25, 0.3) is 10.9 Å². The molecule has 7 nitrogen and oxygen atoms in total. The molecule has 1 aromatic carbocycles. The van der Waals surface area contributed by atoms with Crippen LogP contribution in [0.2, 0.25) is 0 Å². The minimum atomic E-state index is -1.11. The minimum absolute atomic E-state index is 0.107. The van der Waals surface area contributed by atoms with Gasteiger partial charge in [-0.05, 0) is 43.7 Å². The Morgan fingerprint density at radius 2 is 1.80 bits per heavy atom. The van der Waals surface area contributed by atoms with Gasteiger partial charge in [-0.1, -0.05) is 32.0 Å². The highest BCUT2D eigenvalue weighted by molar-refractivity contribution is 6.11. The summed E-state index contributed by atoms with van der Waals surface area (Å²) in [5, 5.41) is 1.10. The molecular weight excluding hydrogens is 380 g/mol. The predicted octanol–water partition coefficient (Wildman–Crippen LogP) is 2.85. The van der Waals surface area contributed by atoms with E-state index in [4.69, 9.17) is 0 Å². The molecule has 2 fully saturated rings. The van der Waals surface area contributed by atoms with Crippen LogP contribution >= 0.6 is 0 Å². The number of urea groups is 1. The first-order valence-electron chi connectivity index (χ1n) is 10.9. The zero-order valence-electron chi connectivity index (χ0n) is 17.8. The number of carbonyl (C=O) groups is 3. The summed E-state index contributed by atoms with van der Waals surface area (Å²) >= 11 is 0. The third-order valence-electron chi connectivity index (χ3n) is 7.08. The summed E-state index contributed by atoms with van der Waals surface area (Å²) in [5.41, 5.74) is 1.74. The molecule has 0 unspecified atom stereocenters. The summed E-state index contributed by atoms with van der Waals surface area (Å²) in [7, 11) is 0. The van der Waals surface area contributed by atoms with E-state index < -0.39 is 11.6 Å². The Morgan fingerprint density at radius 1 is 1.10 bits per heavy atom. The van der Waals surface area contributed by atoms with Crippen LogP contribution in [0.1, 0.15) is 44.9 Å². The van der Waals surface area contributed by atoms with Gasteiger partial charge in [0.15, 0.2) is 5.54 Å². The Bertz CT molecular complexity index is 1050. The number of nitrogens with one attached hydrogen (secondary N) is 1. The maximum Gasteiger partial charge on any atom is 0.328 e. The molecule has 3 aliphatic rings.